The molecule has 0 aliphatic heterocycles. The molecule has 0 bridgehead atoms. The zero-order valence-electron chi connectivity index (χ0n) is 9.83. The van der Waals surface area contributed by atoms with Crippen LogP contribution in [0.2, 0.25) is 15.1 Å². The summed E-state index contributed by atoms with van der Waals surface area (Å²) >= 11 is 17.7. The topological polar surface area (TPSA) is 50.2 Å². The van der Waals surface area contributed by atoms with Crippen molar-refractivity contribution in [2.45, 2.75) is 6.42 Å². The van der Waals surface area contributed by atoms with Gasteiger partial charge in [0.15, 0.2) is 0 Å². The van der Waals surface area contributed by atoms with Gasteiger partial charge in [-0.15, -0.1) is 0 Å². The van der Waals surface area contributed by atoms with E-state index in [-0.39, 0.29) is 20.6 Å². The van der Waals surface area contributed by atoms with E-state index in [1.165, 1.54) is 12.3 Å². The average Bonchev–Trinajstić information content (AvgIpc) is 2.37. The highest BCUT2D eigenvalue weighted by atomic mass is 35.5. The molecule has 0 spiro atoms. The molecule has 0 atom stereocenters. The van der Waals surface area contributed by atoms with Gasteiger partial charge in [0.2, 0.25) is 5.95 Å². The van der Waals surface area contributed by atoms with Crippen molar-refractivity contribution >= 4 is 40.8 Å². The molecule has 7 heteroatoms. The third-order valence-electron chi connectivity index (χ3n) is 2.57. The number of nitrogens with zero attached hydrogens (tertiary/aromatic N) is 1. The molecule has 1 heterocycles. The van der Waals surface area contributed by atoms with Crippen LogP contribution in [0.3, 0.4) is 0 Å². The van der Waals surface area contributed by atoms with Crippen molar-refractivity contribution in [2.24, 2.45) is 0 Å². The minimum atomic E-state index is -1.14. The van der Waals surface area contributed by atoms with Gasteiger partial charge in [0.05, 0.1) is 21.5 Å². The van der Waals surface area contributed by atoms with Gasteiger partial charge in [-0.1, -0.05) is 34.8 Å². The third-order valence-corrected chi connectivity index (χ3v) is 3.77. The maximum absolute atomic E-state index is 13.4. The lowest BCUT2D eigenvalue weighted by Crippen LogP contribution is -2.04. The predicted octanol–water partition coefficient (Wildman–Crippen LogP) is 4.48. The van der Waals surface area contributed by atoms with Crippen LogP contribution < -0.4 is 0 Å². The molecule has 1 N–H and O–H groups in total. The predicted molar refractivity (Wildman–Crippen MR) is 76.0 cm³/mol. The van der Waals surface area contributed by atoms with Crippen LogP contribution in [0.1, 0.15) is 5.56 Å². The van der Waals surface area contributed by atoms with Gasteiger partial charge in [0.25, 0.3) is 0 Å². The van der Waals surface area contributed by atoms with Crippen LogP contribution in [0.5, 0.6) is 0 Å². The molecule has 0 fully saturated rings. The fourth-order valence-corrected chi connectivity index (χ4v) is 2.26. The first kappa shape index (κ1) is 15.0. The summed E-state index contributed by atoms with van der Waals surface area (Å²) in [6.07, 6.45) is 0.818. The van der Waals surface area contributed by atoms with Crippen molar-refractivity contribution in [2.75, 3.05) is 0 Å². The summed E-state index contributed by atoms with van der Waals surface area (Å²) in [6, 6.07) is 4.50. The molecule has 0 saturated carbocycles. The van der Waals surface area contributed by atoms with Gasteiger partial charge in [-0.2, -0.15) is 4.39 Å². The second-order valence-corrected chi connectivity index (χ2v) is 5.19. The average molecular weight is 335 g/mol. The Morgan fingerprint density at radius 2 is 1.75 bits per heavy atom. The second kappa shape index (κ2) is 5.95. The summed E-state index contributed by atoms with van der Waals surface area (Å²) < 4.78 is 13.4. The molecule has 1 aromatic carbocycles. The number of carboxylic acids is 1. The van der Waals surface area contributed by atoms with Crippen molar-refractivity contribution in [3.8, 4) is 11.1 Å². The minimum Gasteiger partial charge on any atom is -0.481 e. The van der Waals surface area contributed by atoms with E-state index < -0.39 is 18.3 Å². The standard InChI is InChI=1S/C13H7Cl3FNO2/c14-9-2-6(3-10(15)12(9)16)8-1-7(4-11(19)20)13(17)18-5-8/h1-3,5H,4H2,(H,19,20). The highest BCUT2D eigenvalue weighted by Gasteiger charge is 2.12. The lowest BCUT2D eigenvalue weighted by Gasteiger charge is -2.07. The maximum Gasteiger partial charge on any atom is 0.307 e. The van der Waals surface area contributed by atoms with E-state index in [1.807, 2.05) is 0 Å². The Labute approximate surface area is 128 Å². The Hall–Kier alpha value is -1.36. The number of aliphatic carboxylic acids is 1. The number of hydrogen-bond acceptors (Lipinski definition) is 2. The molecule has 0 radical (unpaired) electrons. The zero-order valence-corrected chi connectivity index (χ0v) is 12.1. The lowest BCUT2D eigenvalue weighted by atomic mass is 10.0. The Balaban J connectivity index is 2.50. The van der Waals surface area contributed by atoms with E-state index in [0.717, 1.165) is 0 Å². The second-order valence-electron chi connectivity index (χ2n) is 4.00. The zero-order chi connectivity index (χ0) is 14.9. The van der Waals surface area contributed by atoms with Gasteiger partial charge in [0.1, 0.15) is 0 Å². The summed E-state index contributed by atoms with van der Waals surface area (Å²) in [7, 11) is 0. The quantitative estimate of drug-likeness (QED) is 0.665. The Bertz CT molecular complexity index is 668. The van der Waals surface area contributed by atoms with Gasteiger partial charge >= 0.3 is 5.97 Å². The largest absolute Gasteiger partial charge is 0.481 e. The molecule has 20 heavy (non-hydrogen) atoms. The van der Waals surface area contributed by atoms with Crippen LogP contribution in [0.15, 0.2) is 24.4 Å². The fourth-order valence-electron chi connectivity index (χ4n) is 1.66. The van der Waals surface area contributed by atoms with E-state index in [2.05, 4.69) is 4.98 Å². The Morgan fingerprint density at radius 3 is 2.30 bits per heavy atom. The number of benzene rings is 1. The van der Waals surface area contributed by atoms with Crippen LogP contribution in [0.4, 0.5) is 4.39 Å². The van der Waals surface area contributed by atoms with Crippen LogP contribution in [-0.2, 0) is 11.2 Å². The SMILES string of the molecule is O=C(O)Cc1cc(-c2cc(Cl)c(Cl)c(Cl)c2)cnc1F. The Morgan fingerprint density at radius 1 is 1.15 bits per heavy atom. The van der Waals surface area contributed by atoms with Crippen molar-refractivity contribution in [1.82, 2.24) is 4.98 Å². The number of aromatic nitrogens is 1. The summed E-state index contributed by atoms with van der Waals surface area (Å²) in [4.78, 5) is 14.2. The number of carbonyl (C=O) groups is 1. The molecule has 0 unspecified atom stereocenters. The van der Waals surface area contributed by atoms with Crippen molar-refractivity contribution < 1.29 is 14.3 Å². The number of carboxylic acid groups (broad SMARTS) is 1. The lowest BCUT2D eigenvalue weighted by molar-refractivity contribution is -0.136. The molecule has 2 aromatic rings. The molecule has 2 rings (SSSR count). The highest BCUT2D eigenvalue weighted by molar-refractivity contribution is 6.48. The van der Waals surface area contributed by atoms with Crippen molar-refractivity contribution in [3.63, 3.8) is 0 Å². The number of rotatable bonds is 3. The van der Waals surface area contributed by atoms with Crippen LogP contribution in [-0.4, -0.2) is 16.1 Å². The first-order chi connectivity index (χ1) is 9.38. The first-order valence-corrected chi connectivity index (χ1v) is 6.53. The molecule has 3 nitrogen and oxygen atoms in total. The monoisotopic (exact) mass is 333 g/mol. The molecule has 0 aliphatic carbocycles. The molecule has 1 aromatic heterocycles. The van der Waals surface area contributed by atoms with Crippen molar-refractivity contribution in [3.05, 3.63) is 51.0 Å². The maximum atomic E-state index is 13.4. The van der Waals surface area contributed by atoms with Crippen LogP contribution in [0.25, 0.3) is 11.1 Å². The van der Waals surface area contributed by atoms with Gasteiger partial charge in [-0.05, 0) is 23.8 Å². The van der Waals surface area contributed by atoms with E-state index in [4.69, 9.17) is 39.9 Å². The Kier molecular flexibility index (Phi) is 4.48. The third kappa shape index (κ3) is 3.20. The number of halogens is 4. The number of hydrogen-bond donors (Lipinski definition) is 1. The molecule has 0 saturated heterocycles. The van der Waals surface area contributed by atoms with E-state index in [0.29, 0.717) is 11.1 Å². The molecular weight excluding hydrogens is 328 g/mol. The van der Waals surface area contributed by atoms with Crippen LogP contribution >= 0.6 is 34.8 Å². The van der Waals surface area contributed by atoms with Crippen LogP contribution in [0, 0.1) is 5.95 Å². The summed E-state index contributed by atoms with van der Waals surface area (Å²) in [5, 5.41) is 9.44. The first-order valence-electron chi connectivity index (χ1n) is 5.39. The molecule has 0 amide bonds. The minimum absolute atomic E-state index is 0.0165. The molecule has 104 valence electrons. The fraction of sp³-hybridized carbons (Fsp3) is 0.0769. The summed E-state index contributed by atoms with van der Waals surface area (Å²) in [6.45, 7) is 0. The molecule has 0 aliphatic rings. The summed E-state index contributed by atoms with van der Waals surface area (Å²) in [5.74, 6) is -1.96. The number of pyridine rings is 1. The smallest absolute Gasteiger partial charge is 0.307 e. The van der Waals surface area contributed by atoms with E-state index >= 15 is 0 Å². The normalized spacial score (nSPS) is 10.6. The van der Waals surface area contributed by atoms with E-state index in [1.54, 1.807) is 12.1 Å². The van der Waals surface area contributed by atoms with Gasteiger partial charge in [-0.3, -0.25) is 4.79 Å². The van der Waals surface area contributed by atoms with Gasteiger partial charge < -0.3 is 5.11 Å². The van der Waals surface area contributed by atoms with E-state index in [9.17, 15) is 9.18 Å². The summed E-state index contributed by atoms with van der Waals surface area (Å²) in [5.41, 5.74) is 1.06. The highest BCUT2D eigenvalue weighted by Crippen LogP contribution is 2.35. The van der Waals surface area contributed by atoms with Crippen molar-refractivity contribution in [1.29, 1.82) is 0 Å². The van der Waals surface area contributed by atoms with Gasteiger partial charge in [0, 0.05) is 17.3 Å². The molecular formula is C13H7Cl3FNO2. The van der Waals surface area contributed by atoms with Gasteiger partial charge in [-0.25, -0.2) is 4.98 Å².